The van der Waals surface area contributed by atoms with Crippen LogP contribution in [0, 0.1) is 5.92 Å². The van der Waals surface area contributed by atoms with E-state index in [0.717, 1.165) is 6.42 Å². The molecule has 4 unspecified atom stereocenters. The van der Waals surface area contributed by atoms with Crippen LogP contribution in [-0.2, 0) is 9.53 Å². The highest BCUT2D eigenvalue weighted by molar-refractivity contribution is 7.10. The SMILES string of the molecule is CCOC(=O)C1CC2CCC(N2)C1c1cccs1.Cl. The van der Waals surface area contributed by atoms with Crippen molar-refractivity contribution in [3.63, 3.8) is 0 Å². The normalized spacial score (nSPS) is 32.7. The third kappa shape index (κ3) is 2.81. The van der Waals surface area contributed by atoms with E-state index in [9.17, 15) is 4.79 Å². The zero-order valence-corrected chi connectivity index (χ0v) is 12.6. The minimum atomic E-state index is -0.00528. The van der Waals surface area contributed by atoms with Crippen LogP contribution >= 0.6 is 23.7 Å². The summed E-state index contributed by atoms with van der Waals surface area (Å²) in [5.74, 6) is 0.347. The van der Waals surface area contributed by atoms with E-state index in [-0.39, 0.29) is 24.3 Å². The topological polar surface area (TPSA) is 38.3 Å². The molecular weight excluding hydrogens is 282 g/mol. The maximum Gasteiger partial charge on any atom is 0.309 e. The Balaban J connectivity index is 0.00000133. The first-order chi connectivity index (χ1) is 8.79. The third-order valence-corrected chi connectivity index (χ3v) is 5.12. The van der Waals surface area contributed by atoms with Crippen LogP contribution in [0.15, 0.2) is 17.5 Å². The number of thiophene rings is 1. The van der Waals surface area contributed by atoms with E-state index in [1.807, 2.05) is 6.92 Å². The maximum absolute atomic E-state index is 12.2. The molecule has 2 saturated heterocycles. The van der Waals surface area contributed by atoms with Gasteiger partial charge < -0.3 is 10.1 Å². The molecule has 1 N–H and O–H groups in total. The Hall–Kier alpha value is -0.580. The molecule has 0 aliphatic carbocycles. The van der Waals surface area contributed by atoms with Gasteiger partial charge in [-0.15, -0.1) is 23.7 Å². The van der Waals surface area contributed by atoms with Gasteiger partial charge in [0.25, 0.3) is 0 Å². The molecule has 1 aromatic rings. The van der Waals surface area contributed by atoms with Gasteiger partial charge in [-0.1, -0.05) is 6.07 Å². The Labute approximate surface area is 124 Å². The van der Waals surface area contributed by atoms with Crippen molar-refractivity contribution in [2.24, 2.45) is 5.92 Å². The molecule has 3 heterocycles. The number of nitrogens with one attached hydrogen (secondary N) is 1. The standard InChI is InChI=1S/C14H19NO2S.ClH/c1-2-17-14(16)10-8-9-5-6-11(15-9)13(10)12-4-3-7-18-12;/h3-4,7,9-11,13,15H,2,5-6,8H2,1H3;1H. The van der Waals surface area contributed by atoms with Crippen molar-refractivity contribution >= 4 is 29.7 Å². The summed E-state index contributed by atoms with van der Waals surface area (Å²) >= 11 is 1.76. The van der Waals surface area contributed by atoms with Gasteiger partial charge in [-0.25, -0.2) is 0 Å². The molecule has 19 heavy (non-hydrogen) atoms. The highest BCUT2D eigenvalue weighted by atomic mass is 35.5. The fourth-order valence-electron chi connectivity index (χ4n) is 3.42. The Kier molecular flexibility index (Phi) is 4.87. The van der Waals surface area contributed by atoms with Crippen molar-refractivity contribution in [1.82, 2.24) is 5.32 Å². The summed E-state index contributed by atoms with van der Waals surface area (Å²) in [5.41, 5.74) is 0. The van der Waals surface area contributed by atoms with Crippen LogP contribution in [-0.4, -0.2) is 24.7 Å². The van der Waals surface area contributed by atoms with Crippen LogP contribution in [0.25, 0.3) is 0 Å². The van der Waals surface area contributed by atoms with Gasteiger partial charge in [0.15, 0.2) is 0 Å². The number of hydrogen-bond acceptors (Lipinski definition) is 4. The molecular formula is C14H20ClNO2S. The average molecular weight is 302 g/mol. The molecule has 4 atom stereocenters. The van der Waals surface area contributed by atoms with E-state index >= 15 is 0 Å². The quantitative estimate of drug-likeness (QED) is 0.872. The molecule has 3 nitrogen and oxygen atoms in total. The number of carbonyl (C=O) groups is 1. The summed E-state index contributed by atoms with van der Waals surface area (Å²) in [6.45, 7) is 2.36. The van der Waals surface area contributed by atoms with Gasteiger partial charge in [0.05, 0.1) is 12.5 Å². The molecule has 2 aliphatic heterocycles. The van der Waals surface area contributed by atoms with E-state index < -0.39 is 0 Å². The first-order valence-corrected chi connectivity index (χ1v) is 7.63. The van der Waals surface area contributed by atoms with Crippen LogP contribution in [0.1, 0.15) is 37.0 Å². The number of piperidine rings is 1. The smallest absolute Gasteiger partial charge is 0.309 e. The lowest BCUT2D eigenvalue weighted by Gasteiger charge is -2.35. The molecule has 0 spiro atoms. The Morgan fingerprint density at radius 3 is 3.05 bits per heavy atom. The van der Waals surface area contributed by atoms with Crippen molar-refractivity contribution in [3.8, 4) is 0 Å². The Morgan fingerprint density at radius 2 is 2.37 bits per heavy atom. The highest BCUT2D eigenvalue weighted by Crippen LogP contribution is 2.43. The van der Waals surface area contributed by atoms with Gasteiger partial charge in [-0.2, -0.15) is 0 Å². The van der Waals surface area contributed by atoms with Crippen molar-refractivity contribution in [2.45, 2.75) is 44.2 Å². The minimum absolute atomic E-state index is 0. The number of halogens is 1. The Morgan fingerprint density at radius 1 is 1.53 bits per heavy atom. The summed E-state index contributed by atoms with van der Waals surface area (Å²) in [6, 6.07) is 5.20. The van der Waals surface area contributed by atoms with E-state index in [0.29, 0.717) is 24.6 Å². The van der Waals surface area contributed by atoms with Crippen molar-refractivity contribution < 1.29 is 9.53 Å². The number of rotatable bonds is 3. The van der Waals surface area contributed by atoms with Gasteiger partial charge in [0.1, 0.15) is 0 Å². The van der Waals surface area contributed by atoms with Crippen LogP contribution < -0.4 is 5.32 Å². The molecule has 106 valence electrons. The van der Waals surface area contributed by atoms with E-state index in [1.54, 1.807) is 11.3 Å². The van der Waals surface area contributed by atoms with Crippen molar-refractivity contribution in [3.05, 3.63) is 22.4 Å². The zero-order valence-electron chi connectivity index (χ0n) is 11.0. The number of fused-ring (bicyclic) bond motifs is 2. The molecule has 0 aromatic carbocycles. The lowest BCUT2D eigenvalue weighted by atomic mass is 9.80. The van der Waals surface area contributed by atoms with Gasteiger partial charge in [-0.3, -0.25) is 4.79 Å². The van der Waals surface area contributed by atoms with E-state index in [1.165, 1.54) is 17.7 Å². The highest BCUT2D eigenvalue weighted by Gasteiger charge is 2.46. The molecule has 2 bridgehead atoms. The zero-order chi connectivity index (χ0) is 12.5. The fourth-order valence-corrected chi connectivity index (χ4v) is 4.38. The molecule has 1 aromatic heterocycles. The molecule has 2 aliphatic rings. The van der Waals surface area contributed by atoms with E-state index in [2.05, 4.69) is 22.8 Å². The largest absolute Gasteiger partial charge is 0.466 e. The van der Waals surface area contributed by atoms with Crippen LogP contribution in [0.3, 0.4) is 0 Å². The second kappa shape index (κ2) is 6.25. The monoisotopic (exact) mass is 301 g/mol. The van der Waals surface area contributed by atoms with Crippen LogP contribution in [0.4, 0.5) is 0 Å². The number of ether oxygens (including phenoxy) is 1. The summed E-state index contributed by atoms with van der Waals surface area (Å²) in [5, 5.41) is 5.75. The molecule has 0 saturated carbocycles. The fraction of sp³-hybridized carbons (Fsp3) is 0.643. The van der Waals surface area contributed by atoms with Crippen molar-refractivity contribution in [2.75, 3.05) is 6.61 Å². The second-order valence-electron chi connectivity index (χ2n) is 5.18. The first-order valence-electron chi connectivity index (χ1n) is 6.75. The third-order valence-electron chi connectivity index (χ3n) is 4.14. The molecule has 0 amide bonds. The summed E-state index contributed by atoms with van der Waals surface area (Å²) in [7, 11) is 0. The lowest BCUT2D eigenvalue weighted by molar-refractivity contribution is -0.150. The molecule has 0 radical (unpaired) electrons. The summed E-state index contributed by atoms with van der Waals surface area (Å²) in [4.78, 5) is 13.5. The van der Waals surface area contributed by atoms with Crippen LogP contribution in [0.5, 0.6) is 0 Å². The number of hydrogen-bond donors (Lipinski definition) is 1. The predicted molar refractivity (Wildman–Crippen MR) is 79.0 cm³/mol. The molecule has 5 heteroatoms. The van der Waals surface area contributed by atoms with Crippen LogP contribution in [0.2, 0.25) is 0 Å². The Bertz CT molecular complexity index is 423. The second-order valence-corrected chi connectivity index (χ2v) is 6.16. The van der Waals surface area contributed by atoms with E-state index in [4.69, 9.17) is 4.74 Å². The molecule has 3 rings (SSSR count). The maximum atomic E-state index is 12.2. The lowest BCUT2D eigenvalue weighted by Crippen LogP contribution is -2.46. The summed E-state index contributed by atoms with van der Waals surface area (Å²) < 4.78 is 5.27. The van der Waals surface area contributed by atoms with Gasteiger partial charge in [-0.05, 0) is 37.6 Å². The average Bonchev–Trinajstić information content (AvgIpc) is 3.00. The number of esters is 1. The van der Waals surface area contributed by atoms with Gasteiger partial charge in [0.2, 0.25) is 0 Å². The predicted octanol–water partition coefficient (Wildman–Crippen LogP) is 2.96. The number of carbonyl (C=O) groups excluding carboxylic acids is 1. The van der Waals surface area contributed by atoms with Gasteiger partial charge in [0, 0.05) is 22.9 Å². The minimum Gasteiger partial charge on any atom is -0.466 e. The first kappa shape index (κ1) is 14.8. The van der Waals surface area contributed by atoms with Gasteiger partial charge >= 0.3 is 5.97 Å². The van der Waals surface area contributed by atoms with Crippen molar-refractivity contribution in [1.29, 1.82) is 0 Å². The molecule has 2 fully saturated rings. The summed E-state index contributed by atoms with van der Waals surface area (Å²) in [6.07, 6.45) is 3.31.